The zero-order chi connectivity index (χ0) is 23.7. The number of fused-ring (bicyclic) bond motifs is 1. The molecule has 7 nitrogen and oxygen atoms in total. The summed E-state index contributed by atoms with van der Waals surface area (Å²) in [6.07, 6.45) is 1.67. The molecular formula is C23H19BrN2O5S2. The van der Waals surface area contributed by atoms with Crippen LogP contribution in [0.4, 0.5) is 0 Å². The number of esters is 2. The summed E-state index contributed by atoms with van der Waals surface area (Å²) in [4.78, 5) is 43.8. The lowest BCUT2D eigenvalue weighted by molar-refractivity contribution is -0.139. The maximum Gasteiger partial charge on any atom is 0.338 e. The second-order valence-corrected chi connectivity index (χ2v) is 10.00. The van der Waals surface area contributed by atoms with Gasteiger partial charge < -0.3 is 9.47 Å². The van der Waals surface area contributed by atoms with Gasteiger partial charge in [-0.15, -0.1) is 11.3 Å². The van der Waals surface area contributed by atoms with Crippen LogP contribution in [0, 0.1) is 0 Å². The number of hydrogen-bond donors (Lipinski definition) is 0. The van der Waals surface area contributed by atoms with Gasteiger partial charge in [0.2, 0.25) is 0 Å². The molecular weight excluding hydrogens is 528 g/mol. The van der Waals surface area contributed by atoms with E-state index in [4.69, 9.17) is 9.47 Å². The zero-order valence-corrected chi connectivity index (χ0v) is 21.2. The third kappa shape index (κ3) is 4.64. The number of nitrogens with zero attached hydrogens (tertiary/aromatic N) is 2. The molecule has 0 aliphatic carbocycles. The van der Waals surface area contributed by atoms with E-state index in [2.05, 4.69) is 20.9 Å². The van der Waals surface area contributed by atoms with E-state index in [0.717, 1.165) is 9.35 Å². The number of halogens is 1. The SMILES string of the molecule is CCOC(=O)C1=C(C)N=c2sc(=Cc3cc(Br)ccc3OC(C)=O)c(=O)n2C1c1cccs1. The van der Waals surface area contributed by atoms with Crippen molar-refractivity contribution in [2.75, 3.05) is 6.61 Å². The average Bonchev–Trinajstić information content (AvgIpc) is 3.38. The first-order valence-electron chi connectivity index (χ1n) is 10.0. The summed E-state index contributed by atoms with van der Waals surface area (Å²) in [5.41, 5.74) is 1.14. The summed E-state index contributed by atoms with van der Waals surface area (Å²) in [5.74, 6) is -0.605. The Morgan fingerprint density at radius 2 is 2.09 bits per heavy atom. The van der Waals surface area contributed by atoms with Crippen molar-refractivity contribution in [3.8, 4) is 5.75 Å². The molecule has 0 amide bonds. The number of ether oxygens (including phenoxy) is 2. The summed E-state index contributed by atoms with van der Waals surface area (Å²) in [6.45, 7) is 5.03. The molecule has 0 fully saturated rings. The van der Waals surface area contributed by atoms with Crippen molar-refractivity contribution in [3.63, 3.8) is 0 Å². The van der Waals surface area contributed by atoms with Gasteiger partial charge in [-0.25, -0.2) is 9.79 Å². The van der Waals surface area contributed by atoms with E-state index in [1.807, 2.05) is 17.5 Å². The molecule has 1 atom stereocenters. The molecule has 3 aromatic rings. The smallest absolute Gasteiger partial charge is 0.338 e. The number of allylic oxidation sites excluding steroid dienone is 1. The summed E-state index contributed by atoms with van der Waals surface area (Å²) in [5, 5.41) is 1.90. The molecule has 0 radical (unpaired) electrons. The fraction of sp³-hybridized carbons (Fsp3) is 0.217. The largest absolute Gasteiger partial charge is 0.463 e. The normalized spacial score (nSPS) is 15.8. The van der Waals surface area contributed by atoms with Crippen LogP contribution < -0.4 is 19.6 Å². The van der Waals surface area contributed by atoms with Gasteiger partial charge in [0, 0.05) is 21.8 Å². The lowest BCUT2D eigenvalue weighted by Gasteiger charge is -2.23. The molecule has 1 aliphatic heterocycles. The molecule has 10 heteroatoms. The van der Waals surface area contributed by atoms with E-state index in [-0.39, 0.29) is 12.2 Å². The molecule has 3 heterocycles. The molecule has 0 bridgehead atoms. The van der Waals surface area contributed by atoms with Gasteiger partial charge in [0.05, 0.1) is 22.4 Å². The number of aromatic nitrogens is 1. The Balaban J connectivity index is 1.94. The van der Waals surface area contributed by atoms with E-state index in [1.165, 1.54) is 34.2 Å². The highest BCUT2D eigenvalue weighted by Gasteiger charge is 2.33. The highest BCUT2D eigenvalue weighted by molar-refractivity contribution is 9.10. The molecule has 0 saturated heterocycles. The molecule has 170 valence electrons. The van der Waals surface area contributed by atoms with Crippen molar-refractivity contribution in [1.82, 2.24) is 4.57 Å². The Bertz CT molecular complexity index is 1450. The quantitative estimate of drug-likeness (QED) is 0.360. The fourth-order valence-electron chi connectivity index (χ4n) is 3.53. The third-order valence-corrected chi connectivity index (χ3v) is 7.24. The van der Waals surface area contributed by atoms with Crippen LogP contribution in [0.3, 0.4) is 0 Å². The lowest BCUT2D eigenvalue weighted by atomic mass is 10.0. The first kappa shape index (κ1) is 23.3. The summed E-state index contributed by atoms with van der Waals surface area (Å²) in [6, 6.07) is 8.31. The van der Waals surface area contributed by atoms with Crippen LogP contribution in [-0.4, -0.2) is 23.1 Å². The summed E-state index contributed by atoms with van der Waals surface area (Å²) < 4.78 is 13.3. The van der Waals surface area contributed by atoms with Crippen LogP contribution in [0.1, 0.15) is 37.3 Å². The maximum absolute atomic E-state index is 13.6. The van der Waals surface area contributed by atoms with Gasteiger partial charge in [-0.2, -0.15) is 0 Å². The van der Waals surface area contributed by atoms with E-state index in [0.29, 0.717) is 31.9 Å². The molecule has 1 unspecified atom stereocenters. The summed E-state index contributed by atoms with van der Waals surface area (Å²) in [7, 11) is 0. The number of carbonyl (C=O) groups excluding carboxylic acids is 2. The van der Waals surface area contributed by atoms with E-state index in [9.17, 15) is 14.4 Å². The van der Waals surface area contributed by atoms with E-state index < -0.39 is 18.0 Å². The van der Waals surface area contributed by atoms with Crippen LogP contribution in [0.2, 0.25) is 0 Å². The Morgan fingerprint density at radius 3 is 2.76 bits per heavy atom. The average molecular weight is 547 g/mol. The molecule has 1 aromatic carbocycles. The number of benzene rings is 1. The Kier molecular flexibility index (Phi) is 6.78. The molecule has 1 aliphatic rings. The van der Waals surface area contributed by atoms with E-state index in [1.54, 1.807) is 38.1 Å². The Labute approximate surface area is 205 Å². The van der Waals surface area contributed by atoms with Crippen LogP contribution in [0.25, 0.3) is 6.08 Å². The van der Waals surface area contributed by atoms with Gasteiger partial charge in [0.25, 0.3) is 5.56 Å². The van der Waals surface area contributed by atoms with Crippen molar-refractivity contribution in [2.45, 2.75) is 26.8 Å². The second-order valence-electron chi connectivity index (χ2n) is 7.09. The van der Waals surface area contributed by atoms with Crippen molar-refractivity contribution in [1.29, 1.82) is 0 Å². The van der Waals surface area contributed by atoms with Crippen molar-refractivity contribution in [3.05, 3.63) is 81.6 Å². The highest BCUT2D eigenvalue weighted by atomic mass is 79.9. The highest BCUT2D eigenvalue weighted by Crippen LogP contribution is 2.33. The molecule has 2 aromatic heterocycles. The minimum absolute atomic E-state index is 0.221. The van der Waals surface area contributed by atoms with Crippen LogP contribution in [0.15, 0.2) is 61.2 Å². The summed E-state index contributed by atoms with van der Waals surface area (Å²) >= 11 is 6.09. The number of thiophene rings is 1. The third-order valence-electron chi connectivity index (χ3n) is 4.84. The van der Waals surface area contributed by atoms with Crippen molar-refractivity contribution in [2.24, 2.45) is 4.99 Å². The topological polar surface area (TPSA) is 87.0 Å². The molecule has 0 N–H and O–H groups in total. The van der Waals surface area contributed by atoms with Gasteiger partial charge in [0.1, 0.15) is 11.8 Å². The number of rotatable bonds is 5. The standard InChI is InChI=1S/C23H19BrN2O5S2/c1-4-30-22(29)19-12(2)25-23-26(20(19)17-6-5-9-32-17)21(28)18(33-23)11-14-10-15(24)7-8-16(14)31-13(3)27/h5-11,20H,4H2,1-3H3. The molecule has 0 spiro atoms. The van der Waals surface area contributed by atoms with Gasteiger partial charge >= 0.3 is 11.9 Å². The fourth-order valence-corrected chi connectivity index (χ4v) is 5.77. The lowest BCUT2D eigenvalue weighted by Crippen LogP contribution is -2.39. The number of hydrogen-bond acceptors (Lipinski definition) is 8. The molecule has 0 saturated carbocycles. The monoisotopic (exact) mass is 546 g/mol. The van der Waals surface area contributed by atoms with Gasteiger partial charge in [-0.3, -0.25) is 14.2 Å². The van der Waals surface area contributed by atoms with Gasteiger partial charge in [0.15, 0.2) is 4.80 Å². The predicted octanol–water partition coefficient (Wildman–Crippen LogP) is 3.55. The van der Waals surface area contributed by atoms with Crippen LogP contribution in [0.5, 0.6) is 5.75 Å². The van der Waals surface area contributed by atoms with Gasteiger partial charge in [-0.1, -0.05) is 33.3 Å². The zero-order valence-electron chi connectivity index (χ0n) is 18.0. The predicted molar refractivity (Wildman–Crippen MR) is 130 cm³/mol. The number of carbonyl (C=O) groups is 2. The first-order chi connectivity index (χ1) is 15.8. The minimum Gasteiger partial charge on any atom is -0.463 e. The van der Waals surface area contributed by atoms with Crippen molar-refractivity contribution >= 4 is 56.6 Å². The van der Waals surface area contributed by atoms with Crippen LogP contribution >= 0.6 is 38.6 Å². The second kappa shape index (κ2) is 9.58. The molecule has 33 heavy (non-hydrogen) atoms. The first-order valence-corrected chi connectivity index (χ1v) is 12.5. The van der Waals surface area contributed by atoms with Crippen molar-refractivity contribution < 1.29 is 19.1 Å². The van der Waals surface area contributed by atoms with E-state index >= 15 is 0 Å². The molecule has 4 rings (SSSR count). The Morgan fingerprint density at radius 1 is 1.30 bits per heavy atom. The van der Waals surface area contributed by atoms with Crippen LogP contribution in [-0.2, 0) is 14.3 Å². The number of thiazole rings is 1. The van der Waals surface area contributed by atoms with Gasteiger partial charge in [-0.05, 0) is 49.6 Å². The Hall–Kier alpha value is -2.82. The maximum atomic E-state index is 13.6. The minimum atomic E-state index is -0.627.